The van der Waals surface area contributed by atoms with Crippen molar-refractivity contribution in [1.82, 2.24) is 20.0 Å². The first-order valence-corrected chi connectivity index (χ1v) is 11.7. The summed E-state index contributed by atoms with van der Waals surface area (Å²) in [5.41, 5.74) is 2.70. The van der Waals surface area contributed by atoms with E-state index >= 15 is 0 Å². The minimum absolute atomic E-state index is 0. The predicted octanol–water partition coefficient (Wildman–Crippen LogP) is 3.81. The lowest BCUT2D eigenvalue weighted by molar-refractivity contribution is 0.0657. The van der Waals surface area contributed by atoms with Gasteiger partial charge in [0.15, 0.2) is 11.7 Å². The van der Waals surface area contributed by atoms with Crippen LogP contribution in [-0.2, 0) is 13.1 Å². The number of likely N-dealkylation sites (tertiary alicyclic amines) is 1. The number of benzene rings is 1. The molecule has 3 heterocycles. The fourth-order valence-corrected chi connectivity index (χ4v) is 4.68. The van der Waals surface area contributed by atoms with Crippen molar-refractivity contribution in [3.63, 3.8) is 0 Å². The van der Waals surface area contributed by atoms with Crippen LogP contribution in [0.25, 0.3) is 0 Å². The van der Waals surface area contributed by atoms with Crippen LogP contribution < -0.4 is 5.32 Å². The molecule has 2 aromatic rings. The van der Waals surface area contributed by atoms with E-state index in [9.17, 15) is 4.79 Å². The Kier molecular flexibility index (Phi) is 9.61. The normalized spacial score (nSPS) is 19.8. The molecule has 0 saturated carbocycles. The zero-order valence-corrected chi connectivity index (χ0v) is 22.0. The summed E-state index contributed by atoms with van der Waals surface area (Å²) in [4.78, 5) is 23.7. The highest BCUT2D eigenvalue weighted by atomic mass is 127. The average molecular weight is 566 g/mol. The number of furan rings is 1. The quantitative estimate of drug-likeness (QED) is 0.340. The number of hydrogen-bond donors (Lipinski definition) is 1. The molecule has 8 heteroatoms. The molecule has 0 bridgehead atoms. The number of halogens is 1. The van der Waals surface area contributed by atoms with Crippen LogP contribution in [-0.4, -0.2) is 72.4 Å². The Bertz CT molecular complexity index is 909. The van der Waals surface area contributed by atoms with E-state index in [1.54, 1.807) is 18.4 Å². The summed E-state index contributed by atoms with van der Waals surface area (Å²) in [6, 6.07) is 12.8. The number of amides is 1. The van der Waals surface area contributed by atoms with Crippen molar-refractivity contribution in [1.29, 1.82) is 0 Å². The van der Waals surface area contributed by atoms with Crippen LogP contribution in [0.4, 0.5) is 0 Å². The fraction of sp³-hybridized carbons (Fsp3) is 0.520. The number of hydrogen-bond acceptors (Lipinski definition) is 4. The van der Waals surface area contributed by atoms with E-state index in [-0.39, 0.29) is 29.9 Å². The fourth-order valence-electron chi connectivity index (χ4n) is 4.68. The molecule has 0 spiro atoms. The minimum Gasteiger partial charge on any atom is -0.459 e. The molecule has 2 aliphatic heterocycles. The second-order valence-corrected chi connectivity index (χ2v) is 8.74. The second kappa shape index (κ2) is 12.4. The first kappa shape index (κ1) is 25.6. The molecular weight excluding hydrogens is 529 g/mol. The maximum absolute atomic E-state index is 12.5. The van der Waals surface area contributed by atoms with Gasteiger partial charge in [-0.3, -0.25) is 14.7 Å². The summed E-state index contributed by atoms with van der Waals surface area (Å²) < 4.78 is 5.26. The Morgan fingerprint density at radius 1 is 1.03 bits per heavy atom. The van der Waals surface area contributed by atoms with E-state index in [0.29, 0.717) is 24.9 Å². The molecule has 4 rings (SSSR count). The van der Waals surface area contributed by atoms with Crippen molar-refractivity contribution in [2.45, 2.75) is 45.3 Å². The SMILES string of the molecule is CN=C(NCc1ccccc1CN1CCCCC1C)N1CCN(C(=O)c2ccco2)CC1.I. The van der Waals surface area contributed by atoms with Gasteiger partial charge in [0.05, 0.1) is 6.26 Å². The smallest absolute Gasteiger partial charge is 0.289 e. The molecule has 2 fully saturated rings. The lowest BCUT2D eigenvalue weighted by atomic mass is 10.0. The maximum Gasteiger partial charge on any atom is 0.289 e. The van der Waals surface area contributed by atoms with E-state index in [1.807, 2.05) is 11.9 Å². The molecule has 0 aliphatic carbocycles. The van der Waals surface area contributed by atoms with Gasteiger partial charge in [-0.2, -0.15) is 0 Å². The largest absolute Gasteiger partial charge is 0.459 e. The number of aliphatic imine (C=N–C) groups is 1. The lowest BCUT2D eigenvalue weighted by Crippen LogP contribution is -2.53. The van der Waals surface area contributed by atoms with Crippen molar-refractivity contribution in [3.05, 3.63) is 59.5 Å². The number of nitrogens with zero attached hydrogens (tertiary/aromatic N) is 4. The van der Waals surface area contributed by atoms with Gasteiger partial charge < -0.3 is 19.5 Å². The van der Waals surface area contributed by atoms with Gasteiger partial charge in [0.1, 0.15) is 0 Å². The van der Waals surface area contributed by atoms with Gasteiger partial charge in [0.25, 0.3) is 5.91 Å². The Hall–Kier alpha value is -2.07. The molecular formula is C25H36IN5O2. The number of piperazine rings is 1. The molecule has 2 aliphatic rings. The molecule has 1 unspecified atom stereocenters. The standard InChI is InChI=1S/C25H35N5O2.HI/c1-20-8-5-6-12-30(20)19-22-10-4-3-9-21(22)18-27-25(26-2)29-15-13-28(14-16-29)24(31)23-11-7-17-32-23;/h3-4,7,9-11,17,20H,5-6,8,12-16,18-19H2,1-2H3,(H,26,27);1H. The molecule has 1 atom stereocenters. The molecule has 33 heavy (non-hydrogen) atoms. The minimum atomic E-state index is -0.0431. The highest BCUT2D eigenvalue weighted by Gasteiger charge is 2.25. The molecule has 0 radical (unpaired) electrons. The highest BCUT2D eigenvalue weighted by Crippen LogP contribution is 2.21. The van der Waals surface area contributed by atoms with Crippen LogP contribution in [0.5, 0.6) is 0 Å². The van der Waals surface area contributed by atoms with Gasteiger partial charge in [-0.25, -0.2) is 0 Å². The average Bonchev–Trinajstić information content (AvgIpc) is 3.37. The first-order valence-electron chi connectivity index (χ1n) is 11.7. The molecule has 7 nitrogen and oxygen atoms in total. The van der Waals surface area contributed by atoms with E-state index in [1.165, 1.54) is 36.9 Å². The van der Waals surface area contributed by atoms with E-state index in [4.69, 9.17) is 4.42 Å². The number of carbonyl (C=O) groups excluding carboxylic acids is 1. The monoisotopic (exact) mass is 565 g/mol. The van der Waals surface area contributed by atoms with Crippen LogP contribution in [0.2, 0.25) is 0 Å². The van der Waals surface area contributed by atoms with E-state index < -0.39 is 0 Å². The van der Waals surface area contributed by atoms with Crippen LogP contribution >= 0.6 is 24.0 Å². The molecule has 1 amide bonds. The number of nitrogens with one attached hydrogen (secondary N) is 1. The van der Waals surface area contributed by atoms with Crippen molar-refractivity contribution in [2.75, 3.05) is 39.8 Å². The van der Waals surface area contributed by atoms with Crippen molar-refractivity contribution >= 4 is 35.8 Å². The van der Waals surface area contributed by atoms with E-state index in [0.717, 1.165) is 32.1 Å². The molecule has 2 saturated heterocycles. The molecule has 1 N–H and O–H groups in total. The maximum atomic E-state index is 12.5. The molecule has 180 valence electrons. The third-order valence-electron chi connectivity index (χ3n) is 6.68. The summed E-state index contributed by atoms with van der Waals surface area (Å²) in [5, 5.41) is 3.55. The third-order valence-corrected chi connectivity index (χ3v) is 6.68. The summed E-state index contributed by atoms with van der Waals surface area (Å²) in [6.45, 7) is 8.09. The van der Waals surface area contributed by atoms with Crippen LogP contribution in [0.15, 0.2) is 52.1 Å². The molecule has 1 aromatic carbocycles. The van der Waals surface area contributed by atoms with Gasteiger partial charge in [0, 0.05) is 52.4 Å². The van der Waals surface area contributed by atoms with Gasteiger partial charge in [0.2, 0.25) is 0 Å². The topological polar surface area (TPSA) is 64.3 Å². The van der Waals surface area contributed by atoms with Gasteiger partial charge >= 0.3 is 0 Å². The third kappa shape index (κ3) is 6.50. The molecule has 1 aromatic heterocycles. The zero-order valence-electron chi connectivity index (χ0n) is 19.7. The Balaban J connectivity index is 0.00000306. The van der Waals surface area contributed by atoms with Crippen molar-refractivity contribution in [2.24, 2.45) is 4.99 Å². The Morgan fingerprint density at radius 3 is 2.42 bits per heavy atom. The second-order valence-electron chi connectivity index (χ2n) is 8.74. The number of rotatable bonds is 5. The Morgan fingerprint density at radius 2 is 1.76 bits per heavy atom. The van der Waals surface area contributed by atoms with Gasteiger partial charge in [-0.05, 0) is 49.6 Å². The summed E-state index contributed by atoms with van der Waals surface area (Å²) in [7, 11) is 1.82. The number of piperidine rings is 1. The van der Waals surface area contributed by atoms with Crippen LogP contribution in [0.1, 0.15) is 47.9 Å². The zero-order chi connectivity index (χ0) is 22.3. The highest BCUT2D eigenvalue weighted by molar-refractivity contribution is 14.0. The van der Waals surface area contributed by atoms with Crippen LogP contribution in [0.3, 0.4) is 0 Å². The predicted molar refractivity (Wildman–Crippen MR) is 142 cm³/mol. The van der Waals surface area contributed by atoms with Crippen molar-refractivity contribution in [3.8, 4) is 0 Å². The van der Waals surface area contributed by atoms with Gasteiger partial charge in [-0.15, -0.1) is 24.0 Å². The lowest BCUT2D eigenvalue weighted by Gasteiger charge is -2.36. The summed E-state index contributed by atoms with van der Waals surface area (Å²) >= 11 is 0. The number of carbonyl (C=O) groups is 1. The Labute approximate surface area is 214 Å². The van der Waals surface area contributed by atoms with E-state index in [2.05, 4.69) is 51.3 Å². The van der Waals surface area contributed by atoms with Gasteiger partial charge in [-0.1, -0.05) is 30.7 Å². The first-order chi connectivity index (χ1) is 15.7. The summed E-state index contributed by atoms with van der Waals surface area (Å²) in [6.07, 6.45) is 5.48. The van der Waals surface area contributed by atoms with Crippen molar-refractivity contribution < 1.29 is 9.21 Å². The van der Waals surface area contributed by atoms with Crippen LogP contribution in [0, 0.1) is 0 Å². The summed E-state index contributed by atoms with van der Waals surface area (Å²) in [5.74, 6) is 1.25. The number of guanidine groups is 1.